The third-order valence-corrected chi connectivity index (χ3v) is 2.01. The number of nitrogens with two attached hydrogens (primary N) is 1. The Hall–Kier alpha value is -2.57. The van der Waals surface area contributed by atoms with Crippen LogP contribution in [0.5, 0.6) is 0 Å². The van der Waals surface area contributed by atoms with Crippen LogP contribution in [0.25, 0.3) is 11.4 Å². The normalized spacial score (nSPS) is 9.22. The standard InChI is InChI=1S/C10H9FN4.CH3NO/c1-15-6-7(2-3-9(15)12)10-13-4-8(11)5-14-10;2-1-3/h2-6,12H,1H3;1H,(H2,2,3). The molecular formula is C11H12FN5O. The van der Waals surface area contributed by atoms with E-state index in [1.165, 1.54) is 0 Å². The van der Waals surface area contributed by atoms with Gasteiger partial charge in [0.15, 0.2) is 11.6 Å². The van der Waals surface area contributed by atoms with Gasteiger partial charge in [-0.25, -0.2) is 14.4 Å². The molecular weight excluding hydrogens is 237 g/mol. The van der Waals surface area contributed by atoms with Crippen LogP contribution >= 0.6 is 0 Å². The van der Waals surface area contributed by atoms with Gasteiger partial charge in [-0.1, -0.05) is 0 Å². The SMILES string of the molecule is Cn1cc(-c2ncc(F)cn2)ccc1=N.NC=O. The van der Waals surface area contributed by atoms with Gasteiger partial charge in [-0.2, -0.15) is 0 Å². The van der Waals surface area contributed by atoms with Gasteiger partial charge >= 0.3 is 0 Å². The number of carbonyl (C=O) groups excluding carboxylic acids is 1. The van der Waals surface area contributed by atoms with Gasteiger partial charge < -0.3 is 10.3 Å². The molecule has 2 heterocycles. The van der Waals surface area contributed by atoms with Gasteiger partial charge in [0.05, 0.1) is 12.4 Å². The smallest absolute Gasteiger partial charge is 0.204 e. The van der Waals surface area contributed by atoms with E-state index in [0.717, 1.165) is 18.0 Å². The molecule has 0 radical (unpaired) electrons. The van der Waals surface area contributed by atoms with E-state index in [1.807, 2.05) is 0 Å². The lowest BCUT2D eigenvalue weighted by atomic mass is 10.2. The molecule has 2 aromatic heterocycles. The lowest BCUT2D eigenvalue weighted by Crippen LogP contribution is -2.14. The Morgan fingerprint density at radius 1 is 1.39 bits per heavy atom. The molecule has 18 heavy (non-hydrogen) atoms. The summed E-state index contributed by atoms with van der Waals surface area (Å²) in [5, 5.41) is 7.47. The number of rotatable bonds is 1. The molecule has 6 nitrogen and oxygen atoms in total. The van der Waals surface area contributed by atoms with Gasteiger partial charge in [0.2, 0.25) is 6.41 Å². The van der Waals surface area contributed by atoms with Crippen LogP contribution in [0.4, 0.5) is 4.39 Å². The van der Waals surface area contributed by atoms with Crippen LogP contribution in [0.15, 0.2) is 30.7 Å². The van der Waals surface area contributed by atoms with Crippen molar-refractivity contribution in [2.24, 2.45) is 12.8 Å². The molecule has 0 saturated carbocycles. The van der Waals surface area contributed by atoms with Crippen LogP contribution < -0.4 is 11.2 Å². The first-order valence-corrected chi connectivity index (χ1v) is 4.93. The molecule has 0 unspecified atom stereocenters. The second-order valence-corrected chi connectivity index (χ2v) is 3.27. The molecule has 0 aliphatic heterocycles. The van der Waals surface area contributed by atoms with Crippen molar-refractivity contribution in [3.63, 3.8) is 0 Å². The topological polar surface area (TPSA) is 97.7 Å². The van der Waals surface area contributed by atoms with E-state index in [2.05, 4.69) is 15.7 Å². The molecule has 2 rings (SSSR count). The minimum absolute atomic E-state index is 0.250. The molecule has 94 valence electrons. The molecule has 0 atom stereocenters. The van der Waals surface area contributed by atoms with Crippen molar-refractivity contribution in [3.8, 4) is 11.4 Å². The van der Waals surface area contributed by atoms with Crippen molar-refractivity contribution in [1.82, 2.24) is 14.5 Å². The molecule has 0 saturated heterocycles. The third-order valence-electron chi connectivity index (χ3n) is 2.01. The highest BCUT2D eigenvalue weighted by atomic mass is 19.1. The monoisotopic (exact) mass is 249 g/mol. The van der Waals surface area contributed by atoms with Crippen molar-refractivity contribution >= 4 is 6.41 Å². The second kappa shape index (κ2) is 6.24. The summed E-state index contributed by atoms with van der Waals surface area (Å²) in [4.78, 5) is 16.3. The Morgan fingerprint density at radius 3 is 2.44 bits per heavy atom. The van der Waals surface area contributed by atoms with Crippen LogP contribution in [0.2, 0.25) is 0 Å². The molecule has 7 heteroatoms. The minimum Gasteiger partial charge on any atom is -0.372 e. The number of primary amides is 1. The molecule has 0 fully saturated rings. The fourth-order valence-corrected chi connectivity index (χ4v) is 1.20. The molecule has 2 aromatic rings. The summed E-state index contributed by atoms with van der Waals surface area (Å²) >= 11 is 0. The zero-order valence-electron chi connectivity index (χ0n) is 9.67. The van der Waals surface area contributed by atoms with Gasteiger partial charge in [0.25, 0.3) is 0 Å². The maximum Gasteiger partial charge on any atom is 0.204 e. The largest absolute Gasteiger partial charge is 0.372 e. The Balaban J connectivity index is 0.000000492. The van der Waals surface area contributed by atoms with E-state index < -0.39 is 5.82 Å². The first-order chi connectivity index (χ1) is 8.58. The summed E-state index contributed by atoms with van der Waals surface area (Å²) in [6.07, 6.45) is 4.23. The van der Waals surface area contributed by atoms with Crippen molar-refractivity contribution in [2.45, 2.75) is 0 Å². The highest BCUT2D eigenvalue weighted by Gasteiger charge is 2.01. The van der Waals surface area contributed by atoms with E-state index in [1.54, 1.807) is 29.9 Å². The van der Waals surface area contributed by atoms with Crippen LogP contribution in [0.3, 0.4) is 0 Å². The number of carbonyl (C=O) groups is 1. The number of hydrogen-bond acceptors (Lipinski definition) is 4. The Bertz CT molecular complexity index is 579. The molecule has 0 aliphatic rings. The summed E-state index contributed by atoms with van der Waals surface area (Å²) in [5.74, 6) is -0.00719. The Morgan fingerprint density at radius 2 is 1.94 bits per heavy atom. The van der Waals surface area contributed by atoms with E-state index in [9.17, 15) is 4.39 Å². The van der Waals surface area contributed by atoms with Crippen LogP contribution in [0, 0.1) is 11.2 Å². The molecule has 0 aliphatic carbocycles. The third kappa shape index (κ3) is 3.48. The van der Waals surface area contributed by atoms with Gasteiger partial charge in [0, 0.05) is 18.8 Å². The maximum atomic E-state index is 12.6. The summed E-state index contributed by atoms with van der Waals surface area (Å²) in [6.45, 7) is 0. The lowest BCUT2D eigenvalue weighted by molar-refractivity contribution is -0.106. The van der Waals surface area contributed by atoms with E-state index in [0.29, 0.717) is 11.3 Å². The zero-order valence-corrected chi connectivity index (χ0v) is 9.67. The van der Waals surface area contributed by atoms with E-state index in [-0.39, 0.29) is 6.41 Å². The highest BCUT2D eigenvalue weighted by molar-refractivity contribution is 5.52. The summed E-state index contributed by atoms with van der Waals surface area (Å²) in [7, 11) is 1.76. The first-order valence-electron chi connectivity index (χ1n) is 4.93. The molecule has 1 amide bonds. The first kappa shape index (κ1) is 13.5. The number of aromatic nitrogens is 3. The molecule has 0 bridgehead atoms. The van der Waals surface area contributed by atoms with Crippen LogP contribution in [-0.2, 0) is 11.8 Å². The highest BCUT2D eigenvalue weighted by Crippen LogP contribution is 2.10. The maximum absolute atomic E-state index is 12.6. The number of aryl methyl sites for hydroxylation is 1. The quantitative estimate of drug-likeness (QED) is 0.706. The van der Waals surface area contributed by atoms with Gasteiger partial charge in [-0.3, -0.25) is 10.2 Å². The van der Waals surface area contributed by atoms with Crippen molar-refractivity contribution < 1.29 is 9.18 Å². The number of nitrogens with one attached hydrogen (secondary N) is 1. The average molecular weight is 249 g/mol. The predicted octanol–water partition coefficient (Wildman–Crippen LogP) is 0.202. The predicted molar refractivity (Wildman–Crippen MR) is 62.5 cm³/mol. The lowest BCUT2D eigenvalue weighted by Gasteiger charge is -2.02. The van der Waals surface area contributed by atoms with Gasteiger partial charge in [-0.15, -0.1) is 0 Å². The van der Waals surface area contributed by atoms with Crippen LogP contribution in [-0.4, -0.2) is 20.9 Å². The van der Waals surface area contributed by atoms with Gasteiger partial charge in [-0.05, 0) is 12.1 Å². The molecule has 0 spiro atoms. The zero-order chi connectivity index (χ0) is 13.5. The number of halogens is 1. The average Bonchev–Trinajstić information content (AvgIpc) is 2.35. The Labute approximate surface area is 102 Å². The fourth-order valence-electron chi connectivity index (χ4n) is 1.20. The molecule has 3 N–H and O–H groups in total. The summed E-state index contributed by atoms with van der Waals surface area (Å²) < 4.78 is 14.2. The van der Waals surface area contributed by atoms with Crippen LogP contribution in [0.1, 0.15) is 0 Å². The molecule has 0 aromatic carbocycles. The van der Waals surface area contributed by atoms with E-state index in [4.69, 9.17) is 10.2 Å². The summed E-state index contributed by atoms with van der Waals surface area (Å²) in [6, 6.07) is 3.37. The number of nitrogens with zero attached hydrogens (tertiary/aromatic N) is 3. The van der Waals surface area contributed by atoms with Crippen molar-refractivity contribution in [2.75, 3.05) is 0 Å². The fraction of sp³-hybridized carbons (Fsp3) is 0.0909. The van der Waals surface area contributed by atoms with Crippen molar-refractivity contribution in [3.05, 3.63) is 42.0 Å². The number of amides is 1. The van der Waals surface area contributed by atoms with E-state index >= 15 is 0 Å². The number of pyridine rings is 1. The van der Waals surface area contributed by atoms with Crippen molar-refractivity contribution in [1.29, 1.82) is 5.41 Å². The second-order valence-electron chi connectivity index (χ2n) is 3.27. The van der Waals surface area contributed by atoms with Gasteiger partial charge in [0.1, 0.15) is 5.49 Å². The summed E-state index contributed by atoms with van der Waals surface area (Å²) in [5.41, 5.74) is 5.31. The minimum atomic E-state index is -0.458. The number of hydrogen-bond donors (Lipinski definition) is 2. The Kier molecular flexibility index (Phi) is 4.67.